The minimum atomic E-state index is -2.20. The summed E-state index contributed by atoms with van der Waals surface area (Å²) in [5.41, 5.74) is 0. The van der Waals surface area contributed by atoms with Crippen LogP contribution in [0.2, 0.25) is 0 Å². The van der Waals surface area contributed by atoms with Gasteiger partial charge in [0.15, 0.2) is 18.0 Å². The van der Waals surface area contributed by atoms with Gasteiger partial charge in [0.25, 0.3) is 0 Å². The van der Waals surface area contributed by atoms with Gasteiger partial charge >= 0.3 is 11.9 Å². The van der Waals surface area contributed by atoms with E-state index in [1.807, 2.05) is 0 Å². The molecule has 26 heavy (non-hydrogen) atoms. The average molecular weight is 384 g/mol. The fourth-order valence-corrected chi connectivity index (χ4v) is 1.95. The molecule has 0 aromatic rings. The van der Waals surface area contributed by atoms with Crippen LogP contribution in [-0.4, -0.2) is 114 Å². The van der Waals surface area contributed by atoms with E-state index >= 15 is 0 Å². The highest BCUT2D eigenvalue weighted by Crippen LogP contribution is 2.20. The average Bonchev–Trinajstić information content (AvgIpc) is 2.64. The molecule has 13 nitrogen and oxygen atoms in total. The van der Waals surface area contributed by atoms with Gasteiger partial charge in [-0.2, -0.15) is 0 Å². The third-order valence-corrected chi connectivity index (χ3v) is 3.54. The van der Waals surface area contributed by atoms with E-state index in [2.05, 4.69) is 9.47 Å². The minimum Gasteiger partial charge on any atom is -0.506 e. The summed E-state index contributed by atoms with van der Waals surface area (Å²) in [5, 5.41) is 83.9. The van der Waals surface area contributed by atoms with Gasteiger partial charge in [-0.25, -0.2) is 9.59 Å². The van der Waals surface area contributed by atoms with Crippen LogP contribution in [0.5, 0.6) is 0 Å². The van der Waals surface area contributed by atoms with Gasteiger partial charge in [0.2, 0.25) is 5.76 Å². The topological polar surface area (TPSA) is 235 Å². The first kappa shape index (κ1) is 22.0. The van der Waals surface area contributed by atoms with E-state index < -0.39 is 79.4 Å². The first-order chi connectivity index (χ1) is 12.0. The summed E-state index contributed by atoms with van der Waals surface area (Å²) in [7, 11) is 0. The molecule has 1 aliphatic rings. The van der Waals surface area contributed by atoms with E-state index in [0.717, 1.165) is 0 Å². The van der Waals surface area contributed by atoms with E-state index in [0.29, 0.717) is 0 Å². The number of aliphatic hydroxyl groups excluding tert-OH is 9. The zero-order valence-electron chi connectivity index (χ0n) is 13.1. The number of rotatable bonds is 7. The summed E-state index contributed by atoms with van der Waals surface area (Å²) in [6.45, 7) is -1.99. The second-order valence-corrected chi connectivity index (χ2v) is 5.42. The Bertz CT molecular complexity index is 546. The van der Waals surface area contributed by atoms with Crippen molar-refractivity contribution >= 4 is 11.9 Å². The molecular weight excluding hydrogens is 364 g/mol. The molecule has 1 saturated heterocycles. The van der Waals surface area contributed by atoms with Gasteiger partial charge in [-0.1, -0.05) is 0 Å². The Hall–Kier alpha value is -2.00. The van der Waals surface area contributed by atoms with Crippen LogP contribution < -0.4 is 0 Å². The van der Waals surface area contributed by atoms with Crippen LogP contribution in [0.15, 0.2) is 11.5 Å². The molecular formula is C13H20O13. The predicted molar refractivity (Wildman–Crippen MR) is 76.2 cm³/mol. The van der Waals surface area contributed by atoms with Gasteiger partial charge in [0.1, 0.15) is 37.1 Å². The summed E-state index contributed by atoms with van der Waals surface area (Å²) in [4.78, 5) is 22.8. The lowest BCUT2D eigenvalue weighted by Gasteiger charge is -2.36. The number of hydrogen-bond acceptors (Lipinski definition) is 13. The van der Waals surface area contributed by atoms with Crippen molar-refractivity contribution in [3.63, 3.8) is 0 Å². The zero-order valence-corrected chi connectivity index (χ0v) is 13.1. The molecule has 1 rings (SSSR count). The Balaban J connectivity index is 2.70. The first-order valence-electron chi connectivity index (χ1n) is 7.21. The molecule has 150 valence electrons. The summed E-state index contributed by atoms with van der Waals surface area (Å²) >= 11 is 0. The number of carbonyl (C=O) groups is 2. The SMILES string of the molecule is O=C(OC[C@@H](O)[C@H]1OC(=O)[C@H](O)[C@@H](O)[C@@H]1O)/C(O)=C(/O)[C@H](O)[C@@H](O)CO. The van der Waals surface area contributed by atoms with E-state index in [4.69, 9.17) is 10.2 Å². The molecule has 0 aromatic carbocycles. The van der Waals surface area contributed by atoms with Crippen LogP contribution in [0, 0.1) is 0 Å². The van der Waals surface area contributed by atoms with Crippen molar-refractivity contribution in [2.45, 2.75) is 42.7 Å². The van der Waals surface area contributed by atoms with E-state index in [1.54, 1.807) is 0 Å². The number of carbonyl (C=O) groups excluding carboxylic acids is 2. The molecule has 9 N–H and O–H groups in total. The largest absolute Gasteiger partial charge is 0.506 e. The summed E-state index contributed by atoms with van der Waals surface area (Å²) in [6.07, 6.45) is -13.7. The highest BCUT2D eigenvalue weighted by Gasteiger charge is 2.46. The quantitative estimate of drug-likeness (QED) is 0.114. The Labute approximate surface area is 145 Å². The molecule has 1 heterocycles. The maximum atomic E-state index is 11.5. The smallest absolute Gasteiger partial charge is 0.377 e. The number of cyclic esters (lactones) is 1. The molecule has 0 radical (unpaired) electrons. The lowest BCUT2D eigenvalue weighted by atomic mass is 9.96. The lowest BCUT2D eigenvalue weighted by Crippen LogP contribution is -2.59. The summed E-state index contributed by atoms with van der Waals surface area (Å²) in [5.74, 6) is -5.94. The van der Waals surface area contributed by atoms with Crippen LogP contribution in [-0.2, 0) is 19.1 Å². The van der Waals surface area contributed by atoms with Gasteiger partial charge in [0.05, 0.1) is 6.61 Å². The van der Waals surface area contributed by atoms with E-state index in [9.17, 15) is 45.3 Å². The second kappa shape index (κ2) is 9.09. The molecule has 0 aliphatic carbocycles. The Morgan fingerprint density at radius 1 is 1.12 bits per heavy atom. The van der Waals surface area contributed by atoms with Crippen molar-refractivity contribution in [3.05, 3.63) is 11.5 Å². The Morgan fingerprint density at radius 2 is 1.69 bits per heavy atom. The molecule has 0 bridgehead atoms. The van der Waals surface area contributed by atoms with E-state index in [-0.39, 0.29) is 0 Å². The molecule has 0 unspecified atom stereocenters. The maximum absolute atomic E-state index is 11.5. The predicted octanol–water partition coefficient (Wildman–Crippen LogP) is -5.06. The number of aliphatic hydroxyl groups is 9. The van der Waals surface area contributed by atoms with Crippen LogP contribution in [0.1, 0.15) is 0 Å². The minimum absolute atomic E-state index is 0.993. The van der Waals surface area contributed by atoms with Crippen molar-refractivity contribution in [1.82, 2.24) is 0 Å². The highest BCUT2D eigenvalue weighted by atomic mass is 16.6. The molecule has 13 heteroatoms. The molecule has 0 spiro atoms. The van der Waals surface area contributed by atoms with Crippen molar-refractivity contribution in [3.8, 4) is 0 Å². The number of hydrogen-bond donors (Lipinski definition) is 9. The Kier molecular flexibility index (Phi) is 7.70. The molecule has 0 saturated carbocycles. The van der Waals surface area contributed by atoms with Crippen molar-refractivity contribution < 1.29 is 65.0 Å². The molecule has 7 atom stereocenters. The third kappa shape index (κ3) is 4.79. The van der Waals surface area contributed by atoms with Gasteiger partial charge in [0, 0.05) is 0 Å². The Morgan fingerprint density at radius 3 is 2.23 bits per heavy atom. The van der Waals surface area contributed by atoms with Crippen molar-refractivity contribution in [2.24, 2.45) is 0 Å². The normalized spacial score (nSPS) is 30.7. The van der Waals surface area contributed by atoms with Gasteiger partial charge < -0.3 is 55.4 Å². The number of ether oxygens (including phenoxy) is 2. The van der Waals surface area contributed by atoms with Crippen molar-refractivity contribution in [2.75, 3.05) is 13.2 Å². The monoisotopic (exact) mass is 384 g/mol. The van der Waals surface area contributed by atoms with Crippen molar-refractivity contribution in [1.29, 1.82) is 0 Å². The molecule has 1 aliphatic heterocycles. The van der Waals surface area contributed by atoms with Gasteiger partial charge in [-0.3, -0.25) is 0 Å². The molecule has 1 fully saturated rings. The maximum Gasteiger partial charge on any atom is 0.377 e. The van der Waals surface area contributed by atoms with Crippen LogP contribution in [0.25, 0.3) is 0 Å². The fourth-order valence-electron chi connectivity index (χ4n) is 1.95. The standard InChI is InChI=1S/C13H20O13/c14-1-3(15)5(17)6(18)9(21)12(23)25-2-4(16)11-8(20)7(19)10(22)13(24)26-11/h3-5,7-8,10-11,14-22H,1-2H2/b9-6-/t3-,4+,5+,7-,8-,10+,11+/m0/s1. The van der Waals surface area contributed by atoms with E-state index in [1.165, 1.54) is 0 Å². The van der Waals surface area contributed by atoms with Crippen LogP contribution in [0.3, 0.4) is 0 Å². The summed E-state index contributed by atoms with van der Waals surface area (Å²) < 4.78 is 8.89. The molecule has 0 aromatic heterocycles. The summed E-state index contributed by atoms with van der Waals surface area (Å²) in [6, 6.07) is 0. The molecule has 0 amide bonds. The first-order valence-corrected chi connectivity index (χ1v) is 7.21. The zero-order chi connectivity index (χ0) is 20.2. The highest BCUT2D eigenvalue weighted by molar-refractivity contribution is 5.86. The van der Waals surface area contributed by atoms with Gasteiger partial charge in [-0.05, 0) is 0 Å². The number of esters is 2. The van der Waals surface area contributed by atoms with Crippen LogP contribution in [0.4, 0.5) is 0 Å². The van der Waals surface area contributed by atoms with Crippen LogP contribution >= 0.6 is 0 Å². The third-order valence-electron chi connectivity index (χ3n) is 3.54. The lowest BCUT2D eigenvalue weighted by molar-refractivity contribution is -0.218. The second-order valence-electron chi connectivity index (χ2n) is 5.42. The van der Waals surface area contributed by atoms with Gasteiger partial charge in [-0.15, -0.1) is 0 Å². The fraction of sp³-hybridized carbons (Fsp3) is 0.692.